The number of amides is 2. The lowest BCUT2D eigenvalue weighted by molar-refractivity contribution is -0.120. The highest BCUT2D eigenvalue weighted by atomic mass is 32.2. The highest BCUT2D eigenvalue weighted by molar-refractivity contribution is 8.01. The van der Waals surface area contributed by atoms with E-state index >= 15 is 0 Å². The minimum absolute atomic E-state index is 0.245. The van der Waals surface area contributed by atoms with Crippen molar-refractivity contribution in [2.24, 2.45) is 10.2 Å². The molecule has 0 unspecified atom stereocenters. The van der Waals surface area contributed by atoms with E-state index in [0.717, 1.165) is 25.7 Å². The molecular weight excluding hydrogens is 432 g/mol. The average Bonchev–Trinajstić information content (AvgIpc) is 2.73. The second-order valence-corrected chi connectivity index (χ2v) is 10.3. The predicted molar refractivity (Wildman–Crippen MR) is 145 cm³/mol. The van der Waals surface area contributed by atoms with Crippen molar-refractivity contribution in [3.8, 4) is 0 Å². The number of hydrazone groups is 2. The van der Waals surface area contributed by atoms with Gasteiger partial charge in [0.1, 0.15) is 0 Å². The van der Waals surface area contributed by atoms with Crippen molar-refractivity contribution in [3.63, 3.8) is 0 Å². The molecule has 0 heterocycles. The van der Waals surface area contributed by atoms with Crippen LogP contribution in [0.3, 0.4) is 0 Å². The Bertz CT molecular complexity index is 733. The van der Waals surface area contributed by atoms with Crippen molar-refractivity contribution >= 4 is 36.0 Å². The topological polar surface area (TPSA) is 82.9 Å². The molecule has 0 radical (unpaired) electrons. The zero-order valence-corrected chi connectivity index (χ0v) is 22.4. The predicted octanol–water partition coefficient (Wildman–Crippen LogP) is 6.09. The van der Waals surface area contributed by atoms with Gasteiger partial charge >= 0.3 is 0 Å². The molecule has 0 aromatic rings. The van der Waals surface area contributed by atoms with Crippen LogP contribution < -0.4 is 10.9 Å². The number of allylic oxidation sites excluding steroid dienone is 8. The Morgan fingerprint density at radius 1 is 0.727 bits per heavy atom. The fourth-order valence-corrected chi connectivity index (χ4v) is 3.45. The van der Waals surface area contributed by atoms with Crippen LogP contribution in [0.25, 0.3) is 0 Å². The molecule has 0 aromatic heterocycles. The summed E-state index contributed by atoms with van der Waals surface area (Å²) in [7, 11) is 0. The number of rotatable bonds is 14. The average molecular weight is 475 g/mol. The van der Waals surface area contributed by atoms with Gasteiger partial charge in [-0.15, -0.1) is 11.8 Å². The molecule has 0 saturated heterocycles. The van der Waals surface area contributed by atoms with Crippen molar-refractivity contribution in [2.75, 3.05) is 0 Å². The maximum absolute atomic E-state index is 12.2. The second kappa shape index (κ2) is 18.1. The summed E-state index contributed by atoms with van der Waals surface area (Å²) >= 11 is 1.26. The molecule has 7 heteroatoms. The summed E-state index contributed by atoms with van der Waals surface area (Å²) in [5, 5.41) is 7.10. The molecule has 0 aromatic carbocycles. The molecule has 0 bridgehead atoms. The van der Waals surface area contributed by atoms with Crippen LogP contribution in [0.1, 0.15) is 81.1 Å². The first kappa shape index (κ1) is 30.6. The SMILES string of the molecule is CC(C)=CCC/C(C)=C\C=N/NC(=O)[C@H](C)S[C@@H](C)C(=O)N/N=C/C=C(\C)CCC=C(C)C. The normalized spacial score (nSPS) is 14.2. The van der Waals surface area contributed by atoms with E-state index in [-0.39, 0.29) is 11.8 Å². The van der Waals surface area contributed by atoms with Crippen LogP contribution in [-0.2, 0) is 9.59 Å². The summed E-state index contributed by atoms with van der Waals surface area (Å²) in [6.07, 6.45) is 15.3. The number of carbonyl (C=O) groups is 2. The quantitative estimate of drug-likeness (QED) is 0.182. The van der Waals surface area contributed by atoms with E-state index in [4.69, 9.17) is 0 Å². The van der Waals surface area contributed by atoms with E-state index in [1.807, 2.05) is 26.0 Å². The fourth-order valence-electron chi connectivity index (χ4n) is 2.49. The summed E-state index contributed by atoms with van der Waals surface area (Å²) in [5.74, 6) is -0.491. The Balaban J connectivity index is 4.37. The van der Waals surface area contributed by atoms with E-state index < -0.39 is 10.5 Å². The Morgan fingerprint density at radius 2 is 1.09 bits per heavy atom. The van der Waals surface area contributed by atoms with E-state index in [0.29, 0.717) is 0 Å². The zero-order valence-electron chi connectivity index (χ0n) is 21.6. The molecule has 2 N–H and O–H groups in total. The van der Waals surface area contributed by atoms with E-state index in [2.05, 4.69) is 60.9 Å². The van der Waals surface area contributed by atoms with Crippen LogP contribution in [0.15, 0.2) is 56.8 Å². The van der Waals surface area contributed by atoms with Crippen molar-refractivity contribution in [1.29, 1.82) is 0 Å². The lowest BCUT2D eigenvalue weighted by atomic mass is 10.1. The van der Waals surface area contributed by atoms with Gasteiger partial charge in [-0.25, -0.2) is 10.9 Å². The standard InChI is InChI=1S/C26H42N4O2S/c1-19(2)11-9-13-21(5)15-17-27-29-25(31)23(7)33-24(8)26(32)30-28-18-16-22(6)14-10-12-20(3)4/h11-12,15-18,23-24H,9-10,13-14H2,1-8H3,(H,29,31)(H,30,32)/b21-15-,22-16+,27-17-,28-18+/t23-,24-/m0/s1. The molecule has 0 aliphatic rings. The van der Waals surface area contributed by atoms with Crippen LogP contribution in [0.4, 0.5) is 0 Å². The first-order valence-electron chi connectivity index (χ1n) is 11.4. The van der Waals surface area contributed by atoms with Crippen LogP contribution in [0, 0.1) is 0 Å². The molecule has 0 aliphatic carbocycles. The fraction of sp³-hybridized carbons (Fsp3) is 0.538. The largest absolute Gasteiger partial charge is 0.272 e. The van der Waals surface area contributed by atoms with Crippen molar-refractivity contribution in [1.82, 2.24) is 10.9 Å². The van der Waals surface area contributed by atoms with Gasteiger partial charge in [-0.05, 0) is 93.2 Å². The molecule has 6 nitrogen and oxygen atoms in total. The number of hydrogen-bond donors (Lipinski definition) is 2. The third-order valence-corrected chi connectivity index (χ3v) is 5.79. The molecule has 2 atom stereocenters. The summed E-state index contributed by atoms with van der Waals surface area (Å²) in [6.45, 7) is 15.9. The number of nitrogens with one attached hydrogen (secondary N) is 2. The van der Waals surface area contributed by atoms with Crippen molar-refractivity contribution < 1.29 is 9.59 Å². The van der Waals surface area contributed by atoms with Gasteiger partial charge in [0.2, 0.25) is 0 Å². The van der Waals surface area contributed by atoms with Crippen LogP contribution >= 0.6 is 11.8 Å². The Morgan fingerprint density at radius 3 is 1.42 bits per heavy atom. The van der Waals surface area contributed by atoms with E-state index in [9.17, 15) is 9.59 Å². The first-order valence-corrected chi connectivity index (χ1v) is 12.4. The molecule has 0 spiro atoms. The number of thioether (sulfide) groups is 1. The summed E-state index contributed by atoms with van der Waals surface area (Å²) < 4.78 is 0. The molecule has 2 amide bonds. The van der Waals surface area contributed by atoms with Crippen LogP contribution in [-0.4, -0.2) is 34.7 Å². The van der Waals surface area contributed by atoms with Gasteiger partial charge in [-0.2, -0.15) is 10.2 Å². The molecule has 184 valence electrons. The lowest BCUT2D eigenvalue weighted by Gasteiger charge is -2.14. The van der Waals surface area contributed by atoms with Crippen LogP contribution in [0.5, 0.6) is 0 Å². The minimum Gasteiger partial charge on any atom is -0.272 e. The summed E-state index contributed by atoms with van der Waals surface area (Å²) in [6, 6.07) is 0. The third-order valence-electron chi connectivity index (χ3n) is 4.55. The maximum Gasteiger partial charge on any atom is 0.252 e. The van der Waals surface area contributed by atoms with Crippen molar-refractivity contribution in [3.05, 3.63) is 46.6 Å². The zero-order chi connectivity index (χ0) is 25.2. The summed E-state index contributed by atoms with van der Waals surface area (Å²) in [5.41, 5.74) is 10.0. The Labute approximate surface area is 204 Å². The highest BCUT2D eigenvalue weighted by Crippen LogP contribution is 2.17. The number of nitrogens with zero attached hydrogens (tertiary/aromatic N) is 2. The molecule has 0 saturated carbocycles. The van der Waals surface area contributed by atoms with Gasteiger partial charge in [-0.1, -0.05) is 34.4 Å². The number of hydrogen-bond acceptors (Lipinski definition) is 5. The first-order chi connectivity index (χ1) is 15.5. The third kappa shape index (κ3) is 17.8. The minimum atomic E-state index is -0.424. The monoisotopic (exact) mass is 474 g/mol. The van der Waals surface area contributed by atoms with Gasteiger partial charge in [0.25, 0.3) is 11.8 Å². The smallest absolute Gasteiger partial charge is 0.252 e. The van der Waals surface area contributed by atoms with Crippen molar-refractivity contribution in [2.45, 2.75) is 91.6 Å². The number of carbonyl (C=O) groups excluding carboxylic acids is 2. The second-order valence-electron chi connectivity index (χ2n) is 8.60. The highest BCUT2D eigenvalue weighted by Gasteiger charge is 2.21. The van der Waals surface area contributed by atoms with Gasteiger partial charge in [0.15, 0.2) is 0 Å². The van der Waals surface area contributed by atoms with Gasteiger partial charge in [0, 0.05) is 12.4 Å². The molecule has 0 aliphatic heterocycles. The Kier molecular flexibility index (Phi) is 16.7. The van der Waals surface area contributed by atoms with E-state index in [1.54, 1.807) is 26.3 Å². The molecular formula is C26H42N4O2S. The van der Waals surface area contributed by atoms with Gasteiger partial charge in [0.05, 0.1) is 10.5 Å². The maximum atomic E-state index is 12.2. The van der Waals surface area contributed by atoms with Gasteiger partial charge in [-0.3, -0.25) is 9.59 Å². The Hall–Kier alpha value is -2.41. The van der Waals surface area contributed by atoms with E-state index in [1.165, 1.54) is 34.1 Å². The van der Waals surface area contributed by atoms with Gasteiger partial charge < -0.3 is 0 Å². The molecule has 33 heavy (non-hydrogen) atoms. The van der Waals surface area contributed by atoms with Crippen LogP contribution in [0.2, 0.25) is 0 Å². The summed E-state index contributed by atoms with van der Waals surface area (Å²) in [4.78, 5) is 24.4. The molecule has 0 fully saturated rings. The molecule has 0 rings (SSSR count). The lowest BCUT2D eigenvalue weighted by Crippen LogP contribution is -2.33.